The first-order chi connectivity index (χ1) is 12.3. The van der Waals surface area contributed by atoms with Gasteiger partial charge in [-0.3, -0.25) is 14.2 Å². The van der Waals surface area contributed by atoms with Gasteiger partial charge in [0.1, 0.15) is 11.3 Å². The summed E-state index contributed by atoms with van der Waals surface area (Å²) in [6.45, 7) is 1.04. The molecule has 25 heavy (non-hydrogen) atoms. The number of nitrogens with zero attached hydrogens (tertiary/aromatic N) is 7. The van der Waals surface area contributed by atoms with Crippen LogP contribution in [0.2, 0.25) is 0 Å². The predicted octanol–water partition coefficient (Wildman–Crippen LogP) is 1.47. The molecule has 0 bridgehead atoms. The van der Waals surface area contributed by atoms with Crippen molar-refractivity contribution in [2.24, 2.45) is 0 Å². The number of pyridine rings is 2. The van der Waals surface area contributed by atoms with Gasteiger partial charge in [0.25, 0.3) is 5.91 Å². The molecule has 122 valence electrons. The van der Waals surface area contributed by atoms with Crippen LogP contribution in [0.4, 0.5) is 0 Å². The van der Waals surface area contributed by atoms with Crippen molar-refractivity contribution in [2.75, 3.05) is 0 Å². The first-order valence-electron chi connectivity index (χ1n) is 7.85. The molecule has 8 nitrogen and oxygen atoms in total. The molecule has 8 heteroatoms. The minimum absolute atomic E-state index is 0.000697. The Hall–Kier alpha value is -3.55. The van der Waals surface area contributed by atoms with E-state index in [1.807, 2.05) is 34.9 Å². The fourth-order valence-electron chi connectivity index (χ4n) is 3.15. The molecule has 0 N–H and O–H groups in total. The third-order valence-electron chi connectivity index (χ3n) is 4.35. The van der Waals surface area contributed by atoms with Crippen molar-refractivity contribution in [2.45, 2.75) is 13.1 Å². The highest BCUT2D eigenvalue weighted by molar-refractivity contribution is 5.97. The Morgan fingerprint density at radius 1 is 1.04 bits per heavy atom. The molecule has 0 saturated heterocycles. The van der Waals surface area contributed by atoms with Gasteiger partial charge < -0.3 is 4.90 Å². The Bertz CT molecular complexity index is 1070. The van der Waals surface area contributed by atoms with Crippen LogP contribution in [0.25, 0.3) is 11.3 Å². The molecule has 5 heterocycles. The molecule has 0 aromatic carbocycles. The summed E-state index contributed by atoms with van der Waals surface area (Å²) in [5.74, 6) is 0.000697. The van der Waals surface area contributed by atoms with Gasteiger partial charge in [0.2, 0.25) is 0 Å². The maximum absolute atomic E-state index is 12.8. The van der Waals surface area contributed by atoms with Crippen molar-refractivity contribution in [3.63, 3.8) is 0 Å². The predicted molar refractivity (Wildman–Crippen MR) is 87.9 cm³/mol. The van der Waals surface area contributed by atoms with Crippen LogP contribution in [0.1, 0.15) is 21.7 Å². The molecular formula is C17H13N7O. The number of carbonyl (C=O) groups excluding carboxylic acids is 1. The molecule has 0 atom stereocenters. The van der Waals surface area contributed by atoms with Crippen molar-refractivity contribution in [1.82, 2.24) is 34.3 Å². The third kappa shape index (κ3) is 2.18. The number of amides is 1. The van der Waals surface area contributed by atoms with E-state index in [0.29, 0.717) is 18.8 Å². The fourth-order valence-corrected chi connectivity index (χ4v) is 3.15. The zero-order valence-corrected chi connectivity index (χ0v) is 13.1. The molecule has 0 radical (unpaired) electrons. The van der Waals surface area contributed by atoms with Gasteiger partial charge in [-0.25, -0.2) is 9.67 Å². The number of carbonyl (C=O) groups is 1. The van der Waals surface area contributed by atoms with E-state index >= 15 is 0 Å². The van der Waals surface area contributed by atoms with Crippen molar-refractivity contribution in [1.29, 1.82) is 0 Å². The van der Waals surface area contributed by atoms with Crippen LogP contribution in [0, 0.1) is 0 Å². The zero-order valence-electron chi connectivity index (χ0n) is 13.1. The molecule has 1 aliphatic heterocycles. The van der Waals surface area contributed by atoms with Crippen LogP contribution < -0.4 is 0 Å². The Morgan fingerprint density at radius 2 is 2.00 bits per heavy atom. The second kappa shape index (κ2) is 5.23. The van der Waals surface area contributed by atoms with Crippen LogP contribution in [-0.4, -0.2) is 40.2 Å². The van der Waals surface area contributed by atoms with Crippen LogP contribution >= 0.6 is 0 Å². The normalized spacial score (nSPS) is 13.6. The van der Waals surface area contributed by atoms with E-state index in [0.717, 1.165) is 22.6 Å². The number of aromatic nitrogens is 6. The van der Waals surface area contributed by atoms with Crippen molar-refractivity contribution >= 4 is 11.6 Å². The van der Waals surface area contributed by atoms with Gasteiger partial charge in [0.05, 0.1) is 36.5 Å². The molecule has 0 aliphatic carbocycles. The first kappa shape index (κ1) is 13.8. The summed E-state index contributed by atoms with van der Waals surface area (Å²) in [4.78, 5) is 23.3. The molecule has 4 aromatic heterocycles. The number of hydrogen-bond acceptors (Lipinski definition) is 5. The number of rotatable bonds is 3. The standard InChI is InChI=1S/C17H13N7O/c25-17-16-12(1-4-15-18-5-7-23(15)16)10-22(17)11-13-2-3-14(9-19-13)24-8-6-20-21-24/h1-9H,10-11H2. The van der Waals surface area contributed by atoms with Gasteiger partial charge in [-0.05, 0) is 18.2 Å². The van der Waals surface area contributed by atoms with Crippen LogP contribution in [-0.2, 0) is 13.1 Å². The molecule has 1 amide bonds. The summed E-state index contributed by atoms with van der Waals surface area (Å²) in [6.07, 6.45) is 8.63. The molecule has 0 fully saturated rings. The minimum Gasteiger partial charge on any atom is -0.327 e. The average Bonchev–Trinajstić information content (AvgIpc) is 3.36. The van der Waals surface area contributed by atoms with E-state index in [1.54, 1.807) is 34.4 Å². The van der Waals surface area contributed by atoms with E-state index in [9.17, 15) is 4.79 Å². The first-order valence-corrected chi connectivity index (χ1v) is 7.85. The van der Waals surface area contributed by atoms with Gasteiger partial charge >= 0.3 is 0 Å². The lowest BCUT2D eigenvalue weighted by Crippen LogP contribution is -2.24. The smallest absolute Gasteiger partial charge is 0.271 e. The largest absolute Gasteiger partial charge is 0.327 e. The summed E-state index contributed by atoms with van der Waals surface area (Å²) in [5, 5.41) is 7.72. The van der Waals surface area contributed by atoms with E-state index in [1.165, 1.54) is 0 Å². The Morgan fingerprint density at radius 3 is 2.80 bits per heavy atom. The summed E-state index contributed by atoms with van der Waals surface area (Å²) in [6, 6.07) is 7.72. The minimum atomic E-state index is 0.000697. The summed E-state index contributed by atoms with van der Waals surface area (Å²) >= 11 is 0. The van der Waals surface area contributed by atoms with Crippen molar-refractivity contribution in [3.8, 4) is 5.69 Å². The summed E-state index contributed by atoms with van der Waals surface area (Å²) < 4.78 is 3.49. The highest BCUT2D eigenvalue weighted by Gasteiger charge is 2.30. The second-order valence-electron chi connectivity index (χ2n) is 5.88. The van der Waals surface area contributed by atoms with Crippen LogP contribution in [0.5, 0.6) is 0 Å². The van der Waals surface area contributed by atoms with Gasteiger partial charge in [-0.15, -0.1) is 5.10 Å². The Kier molecular flexibility index (Phi) is 2.90. The second-order valence-corrected chi connectivity index (χ2v) is 5.88. The number of hydrogen-bond donors (Lipinski definition) is 0. The maximum atomic E-state index is 12.8. The van der Waals surface area contributed by atoms with Gasteiger partial charge in [0.15, 0.2) is 0 Å². The van der Waals surface area contributed by atoms with Gasteiger partial charge in [0, 0.05) is 24.5 Å². The lowest BCUT2D eigenvalue weighted by atomic mass is 10.2. The molecule has 0 spiro atoms. The van der Waals surface area contributed by atoms with E-state index in [4.69, 9.17) is 0 Å². The summed E-state index contributed by atoms with van der Waals surface area (Å²) in [7, 11) is 0. The molecular weight excluding hydrogens is 318 g/mol. The third-order valence-corrected chi connectivity index (χ3v) is 4.35. The molecule has 0 unspecified atom stereocenters. The quantitative estimate of drug-likeness (QED) is 0.568. The topological polar surface area (TPSA) is 81.2 Å². The molecule has 0 saturated carbocycles. The lowest BCUT2D eigenvalue weighted by molar-refractivity contribution is 0.0759. The lowest BCUT2D eigenvalue weighted by Gasteiger charge is -2.15. The monoisotopic (exact) mass is 331 g/mol. The van der Waals surface area contributed by atoms with Gasteiger partial charge in [-0.1, -0.05) is 11.3 Å². The van der Waals surface area contributed by atoms with Crippen LogP contribution in [0.3, 0.4) is 0 Å². The van der Waals surface area contributed by atoms with E-state index in [2.05, 4.69) is 20.3 Å². The van der Waals surface area contributed by atoms with E-state index < -0.39 is 0 Å². The maximum Gasteiger partial charge on any atom is 0.271 e. The average molecular weight is 331 g/mol. The molecule has 5 rings (SSSR count). The molecule has 1 aliphatic rings. The highest BCUT2D eigenvalue weighted by Crippen LogP contribution is 2.25. The van der Waals surface area contributed by atoms with E-state index in [-0.39, 0.29) is 5.91 Å². The van der Waals surface area contributed by atoms with Gasteiger partial charge in [-0.2, -0.15) is 0 Å². The highest BCUT2D eigenvalue weighted by atomic mass is 16.2. The molecule has 4 aromatic rings. The fraction of sp³-hybridized carbons (Fsp3) is 0.118. The zero-order chi connectivity index (χ0) is 16.8. The Balaban J connectivity index is 1.41. The SMILES string of the molecule is O=C1c2c(ccc3nccn23)CN1Cc1ccc(-n2ccnn2)cn1. The number of fused-ring (bicyclic) bond motifs is 3. The summed E-state index contributed by atoms with van der Waals surface area (Å²) in [5.41, 5.74) is 4.14. The van der Waals surface area contributed by atoms with Crippen LogP contribution in [0.15, 0.2) is 55.2 Å². The van der Waals surface area contributed by atoms with Crippen molar-refractivity contribution in [3.05, 3.63) is 72.2 Å². The van der Waals surface area contributed by atoms with Crippen molar-refractivity contribution < 1.29 is 4.79 Å². The number of imidazole rings is 1. The Labute approximate surface area is 142 Å².